The van der Waals surface area contributed by atoms with Crippen molar-refractivity contribution in [3.63, 3.8) is 0 Å². The monoisotopic (exact) mass is 350 g/mol. The van der Waals surface area contributed by atoms with E-state index >= 15 is 0 Å². The molecule has 25 heavy (non-hydrogen) atoms. The van der Waals surface area contributed by atoms with Gasteiger partial charge in [-0.05, 0) is 48.5 Å². The van der Waals surface area contributed by atoms with Crippen molar-refractivity contribution in [2.45, 2.75) is 0 Å². The van der Waals surface area contributed by atoms with Crippen molar-refractivity contribution in [1.82, 2.24) is 10.4 Å². The van der Waals surface area contributed by atoms with E-state index in [4.69, 9.17) is 21.3 Å². The maximum absolute atomic E-state index is 11.9. The third kappa shape index (κ3) is 3.91. The van der Waals surface area contributed by atoms with E-state index in [0.29, 0.717) is 17.1 Å². The first kappa shape index (κ1) is 16.4. The van der Waals surface area contributed by atoms with Crippen LogP contribution in [0, 0.1) is 11.3 Å². The highest BCUT2D eigenvalue weighted by molar-refractivity contribution is 6.32. The molecule has 2 heterocycles. The number of nitrogens with one attached hydrogen (secondary N) is 1. The summed E-state index contributed by atoms with van der Waals surface area (Å²) in [6, 6.07) is 15.7. The van der Waals surface area contributed by atoms with Gasteiger partial charge in [-0.15, -0.1) is 0 Å². The zero-order valence-electron chi connectivity index (χ0n) is 12.8. The summed E-state index contributed by atoms with van der Waals surface area (Å²) in [4.78, 5) is 15.8. The van der Waals surface area contributed by atoms with Crippen LogP contribution in [0.25, 0.3) is 11.3 Å². The van der Waals surface area contributed by atoms with E-state index in [2.05, 4.69) is 21.6 Å². The topological polar surface area (TPSA) is 91.3 Å². The minimum Gasteiger partial charge on any atom is -0.455 e. The highest BCUT2D eigenvalue weighted by Crippen LogP contribution is 2.21. The number of hydrogen-bond donors (Lipinski definition) is 1. The fourth-order valence-corrected chi connectivity index (χ4v) is 2.26. The zero-order chi connectivity index (χ0) is 17.6. The predicted molar refractivity (Wildman–Crippen MR) is 93.2 cm³/mol. The van der Waals surface area contributed by atoms with E-state index in [1.807, 2.05) is 0 Å². The summed E-state index contributed by atoms with van der Waals surface area (Å²) < 4.78 is 5.63. The Labute approximate surface area is 148 Å². The molecule has 6 nitrogen and oxygen atoms in total. The number of nitrogens with zero attached hydrogens (tertiary/aromatic N) is 3. The maximum atomic E-state index is 11.9. The number of nitriles is 1. The van der Waals surface area contributed by atoms with Crippen LogP contribution in [0.2, 0.25) is 5.15 Å². The normalized spacial score (nSPS) is 10.6. The van der Waals surface area contributed by atoms with Gasteiger partial charge in [0.2, 0.25) is 0 Å². The summed E-state index contributed by atoms with van der Waals surface area (Å²) in [6.45, 7) is 0. The number of amides is 1. The lowest BCUT2D eigenvalue weighted by atomic mass is 10.1. The molecule has 0 saturated carbocycles. The van der Waals surface area contributed by atoms with E-state index < -0.39 is 5.91 Å². The van der Waals surface area contributed by atoms with Gasteiger partial charge in [-0.2, -0.15) is 10.4 Å². The molecule has 7 heteroatoms. The predicted octanol–water partition coefficient (Wildman–Crippen LogP) is 3.63. The van der Waals surface area contributed by atoms with E-state index in [-0.39, 0.29) is 10.7 Å². The van der Waals surface area contributed by atoms with Crippen molar-refractivity contribution in [2.75, 3.05) is 0 Å². The molecule has 1 aromatic carbocycles. The van der Waals surface area contributed by atoms with Gasteiger partial charge in [-0.25, -0.2) is 10.4 Å². The first-order valence-electron chi connectivity index (χ1n) is 7.21. The second-order valence-electron chi connectivity index (χ2n) is 4.93. The summed E-state index contributed by atoms with van der Waals surface area (Å²) in [6.07, 6.45) is 2.88. The Morgan fingerprint density at radius 3 is 2.76 bits per heavy atom. The van der Waals surface area contributed by atoms with Crippen molar-refractivity contribution in [3.8, 4) is 17.4 Å². The maximum Gasteiger partial charge on any atom is 0.274 e. The van der Waals surface area contributed by atoms with Gasteiger partial charge in [0.05, 0.1) is 23.4 Å². The molecular formula is C18H11ClN4O2. The molecular weight excluding hydrogens is 340 g/mol. The molecule has 122 valence electrons. The first-order chi connectivity index (χ1) is 12.2. The Bertz CT molecular complexity index is 971. The van der Waals surface area contributed by atoms with Gasteiger partial charge in [0.15, 0.2) is 0 Å². The van der Waals surface area contributed by atoms with Crippen LogP contribution in [0.3, 0.4) is 0 Å². The largest absolute Gasteiger partial charge is 0.455 e. The molecule has 3 rings (SSSR count). The number of hydrogen-bond acceptors (Lipinski definition) is 5. The number of pyridine rings is 1. The minimum atomic E-state index is -0.465. The second kappa shape index (κ2) is 7.43. The molecule has 0 atom stereocenters. The van der Waals surface area contributed by atoms with Gasteiger partial charge in [0, 0.05) is 11.8 Å². The molecule has 0 aliphatic heterocycles. The molecule has 0 fully saturated rings. The van der Waals surface area contributed by atoms with Gasteiger partial charge < -0.3 is 4.42 Å². The van der Waals surface area contributed by atoms with E-state index in [1.165, 1.54) is 12.4 Å². The quantitative estimate of drug-likeness (QED) is 0.442. The van der Waals surface area contributed by atoms with Crippen molar-refractivity contribution in [2.24, 2.45) is 5.10 Å². The number of aromatic nitrogens is 1. The second-order valence-corrected chi connectivity index (χ2v) is 5.29. The number of carbonyl (C=O) groups is 1. The number of benzene rings is 1. The van der Waals surface area contributed by atoms with Crippen molar-refractivity contribution in [1.29, 1.82) is 5.26 Å². The van der Waals surface area contributed by atoms with Gasteiger partial charge in [-0.1, -0.05) is 11.6 Å². The zero-order valence-corrected chi connectivity index (χ0v) is 13.6. The molecule has 1 amide bonds. The molecule has 0 unspecified atom stereocenters. The smallest absolute Gasteiger partial charge is 0.274 e. The minimum absolute atomic E-state index is 0.108. The molecule has 3 aromatic rings. The summed E-state index contributed by atoms with van der Waals surface area (Å²) in [5, 5.41) is 12.8. The van der Waals surface area contributed by atoms with Crippen LogP contribution in [-0.4, -0.2) is 17.1 Å². The number of carbonyl (C=O) groups excluding carboxylic acids is 1. The molecule has 0 radical (unpaired) electrons. The third-order valence-electron chi connectivity index (χ3n) is 3.29. The fraction of sp³-hybridized carbons (Fsp3) is 0. The highest BCUT2D eigenvalue weighted by atomic mass is 35.5. The Balaban J connectivity index is 1.67. The summed E-state index contributed by atoms with van der Waals surface area (Å²) in [5.41, 5.74) is 4.01. The van der Waals surface area contributed by atoms with Crippen LogP contribution in [0.15, 0.2) is 64.2 Å². The van der Waals surface area contributed by atoms with Gasteiger partial charge in [0.1, 0.15) is 16.7 Å². The standard InChI is InChI=1S/C18H11ClN4O2/c19-17-15(2-1-9-21-17)18(24)23-22-11-14-7-8-16(25-14)13-5-3-12(10-20)4-6-13/h1-9,11H,(H,23,24). The van der Waals surface area contributed by atoms with Gasteiger partial charge >= 0.3 is 0 Å². The molecule has 0 bridgehead atoms. The Kier molecular flexibility index (Phi) is 4.88. The van der Waals surface area contributed by atoms with Crippen molar-refractivity contribution >= 4 is 23.7 Å². The van der Waals surface area contributed by atoms with E-state index in [9.17, 15) is 4.79 Å². The van der Waals surface area contributed by atoms with Crippen LogP contribution < -0.4 is 5.43 Å². The molecule has 0 aliphatic carbocycles. The number of hydrazone groups is 1. The molecule has 2 aromatic heterocycles. The van der Waals surface area contributed by atoms with Crippen LogP contribution in [0.4, 0.5) is 0 Å². The van der Waals surface area contributed by atoms with E-state index in [0.717, 1.165) is 5.56 Å². The average molecular weight is 351 g/mol. The fourth-order valence-electron chi connectivity index (χ4n) is 2.06. The first-order valence-corrected chi connectivity index (χ1v) is 7.59. The Hall–Kier alpha value is -3.43. The third-order valence-corrected chi connectivity index (χ3v) is 3.59. The lowest BCUT2D eigenvalue weighted by molar-refractivity contribution is 0.0955. The SMILES string of the molecule is N#Cc1ccc(-c2ccc(C=NNC(=O)c3cccnc3Cl)o2)cc1. The van der Waals surface area contributed by atoms with Crippen LogP contribution in [0.1, 0.15) is 21.7 Å². The Morgan fingerprint density at radius 2 is 2.04 bits per heavy atom. The van der Waals surface area contributed by atoms with E-state index in [1.54, 1.807) is 48.5 Å². The molecule has 1 N–H and O–H groups in total. The Morgan fingerprint density at radius 1 is 1.24 bits per heavy atom. The molecule has 0 saturated heterocycles. The summed E-state index contributed by atoms with van der Waals surface area (Å²) >= 11 is 5.85. The van der Waals surface area contributed by atoms with Crippen LogP contribution in [0.5, 0.6) is 0 Å². The van der Waals surface area contributed by atoms with Crippen LogP contribution >= 0.6 is 11.6 Å². The summed E-state index contributed by atoms with van der Waals surface area (Å²) in [5.74, 6) is 0.637. The van der Waals surface area contributed by atoms with Crippen molar-refractivity contribution < 1.29 is 9.21 Å². The van der Waals surface area contributed by atoms with Crippen molar-refractivity contribution in [3.05, 3.63) is 76.8 Å². The lowest BCUT2D eigenvalue weighted by Crippen LogP contribution is -2.18. The highest BCUT2D eigenvalue weighted by Gasteiger charge is 2.09. The van der Waals surface area contributed by atoms with Gasteiger partial charge in [-0.3, -0.25) is 4.79 Å². The number of halogens is 1. The summed E-state index contributed by atoms with van der Waals surface area (Å²) in [7, 11) is 0. The number of rotatable bonds is 4. The average Bonchev–Trinajstić information content (AvgIpc) is 3.11. The molecule has 0 aliphatic rings. The van der Waals surface area contributed by atoms with Gasteiger partial charge in [0.25, 0.3) is 5.91 Å². The van der Waals surface area contributed by atoms with Crippen LogP contribution in [-0.2, 0) is 0 Å². The number of furan rings is 1. The molecule has 0 spiro atoms. The lowest BCUT2D eigenvalue weighted by Gasteiger charge is -2.00.